The maximum atomic E-state index is 12.8. The fraction of sp³-hybridized carbons (Fsp3) is 0.273. The summed E-state index contributed by atoms with van der Waals surface area (Å²) in [6.45, 7) is 2.87. The minimum absolute atomic E-state index is 0.0374. The van der Waals surface area contributed by atoms with Crippen molar-refractivity contribution < 1.29 is 32.2 Å². The molecular formula is C22H19F3N2O4S. The molecule has 1 aromatic heterocycles. The van der Waals surface area contributed by atoms with Gasteiger partial charge in [-0.05, 0) is 50.4 Å². The smallest absolute Gasteiger partial charge is 0.416 e. The Balaban J connectivity index is 1.74. The third-order valence-corrected chi connectivity index (χ3v) is 6.15. The average molecular weight is 464 g/mol. The van der Waals surface area contributed by atoms with Crippen LogP contribution in [0.3, 0.4) is 0 Å². The van der Waals surface area contributed by atoms with Gasteiger partial charge in [-0.25, -0.2) is 4.79 Å². The summed E-state index contributed by atoms with van der Waals surface area (Å²) in [4.78, 5) is 27.4. The molecule has 0 saturated carbocycles. The number of anilines is 1. The Labute approximate surface area is 185 Å². The van der Waals surface area contributed by atoms with E-state index in [1.807, 2.05) is 11.9 Å². The first-order valence-electron chi connectivity index (χ1n) is 9.74. The Morgan fingerprint density at radius 3 is 2.56 bits per heavy atom. The number of benzene rings is 2. The third-order valence-electron chi connectivity index (χ3n) is 4.97. The molecule has 0 radical (unpaired) electrons. The molecule has 32 heavy (non-hydrogen) atoms. The lowest BCUT2D eigenvalue weighted by atomic mass is 10.1. The van der Waals surface area contributed by atoms with Crippen molar-refractivity contribution in [1.29, 1.82) is 0 Å². The number of alkyl halides is 3. The van der Waals surface area contributed by atoms with Crippen molar-refractivity contribution in [3.8, 4) is 5.75 Å². The van der Waals surface area contributed by atoms with Crippen LogP contribution >= 0.6 is 11.3 Å². The summed E-state index contributed by atoms with van der Waals surface area (Å²) in [7, 11) is 1.90. The van der Waals surface area contributed by atoms with E-state index in [1.54, 1.807) is 19.1 Å². The first kappa shape index (κ1) is 22.1. The van der Waals surface area contributed by atoms with Crippen LogP contribution in [0.5, 0.6) is 5.75 Å². The van der Waals surface area contributed by atoms with Crippen molar-refractivity contribution >= 4 is 38.3 Å². The van der Waals surface area contributed by atoms with Crippen LogP contribution < -0.4 is 10.1 Å². The van der Waals surface area contributed by atoms with Gasteiger partial charge in [0.15, 0.2) is 0 Å². The van der Waals surface area contributed by atoms with Gasteiger partial charge in [-0.2, -0.15) is 13.2 Å². The van der Waals surface area contributed by atoms with Crippen LogP contribution in [0.15, 0.2) is 36.4 Å². The summed E-state index contributed by atoms with van der Waals surface area (Å²) >= 11 is 1.21. The molecule has 2 heterocycles. The largest absolute Gasteiger partial charge is 0.478 e. The van der Waals surface area contributed by atoms with Crippen molar-refractivity contribution in [2.75, 3.05) is 25.7 Å². The second-order valence-corrected chi connectivity index (χ2v) is 8.28. The van der Waals surface area contributed by atoms with E-state index < -0.39 is 23.6 Å². The van der Waals surface area contributed by atoms with Crippen molar-refractivity contribution in [2.24, 2.45) is 0 Å². The normalized spacial score (nSPS) is 14.0. The number of hydrogen-bond acceptors (Lipinski definition) is 6. The molecule has 0 bridgehead atoms. The van der Waals surface area contributed by atoms with Crippen LogP contribution in [0.1, 0.15) is 38.8 Å². The number of amides is 1. The van der Waals surface area contributed by atoms with Crippen LogP contribution in [-0.2, 0) is 17.5 Å². The Bertz CT molecular complexity index is 1190. The predicted octanol–water partition coefficient (Wildman–Crippen LogP) is 5.13. The Morgan fingerprint density at radius 2 is 1.91 bits per heavy atom. The van der Waals surface area contributed by atoms with Crippen LogP contribution in [0.4, 0.5) is 18.2 Å². The molecule has 1 amide bonds. The molecule has 4 rings (SSSR count). The predicted molar refractivity (Wildman–Crippen MR) is 114 cm³/mol. The molecule has 10 heteroatoms. The van der Waals surface area contributed by atoms with E-state index >= 15 is 0 Å². The molecule has 1 aliphatic heterocycles. The second kappa shape index (κ2) is 8.44. The summed E-state index contributed by atoms with van der Waals surface area (Å²) < 4.78 is 50.1. The van der Waals surface area contributed by atoms with Crippen LogP contribution in [-0.4, -0.2) is 37.2 Å². The van der Waals surface area contributed by atoms with E-state index in [4.69, 9.17) is 9.47 Å². The molecule has 0 unspecified atom stereocenters. The summed E-state index contributed by atoms with van der Waals surface area (Å²) in [6, 6.07) is 7.41. The van der Waals surface area contributed by atoms with Gasteiger partial charge in [0.1, 0.15) is 23.0 Å². The molecule has 0 spiro atoms. The highest BCUT2D eigenvalue weighted by atomic mass is 32.1. The Hall–Kier alpha value is -3.11. The van der Waals surface area contributed by atoms with Crippen LogP contribution in [0.25, 0.3) is 10.1 Å². The fourth-order valence-electron chi connectivity index (χ4n) is 3.46. The molecule has 0 aliphatic carbocycles. The zero-order valence-corrected chi connectivity index (χ0v) is 18.0. The zero-order valence-electron chi connectivity index (χ0n) is 17.2. The van der Waals surface area contributed by atoms with Crippen molar-refractivity contribution in [3.63, 3.8) is 0 Å². The van der Waals surface area contributed by atoms with Crippen molar-refractivity contribution in [1.82, 2.24) is 4.90 Å². The molecule has 0 saturated heterocycles. The lowest BCUT2D eigenvalue weighted by Gasteiger charge is -2.25. The first-order valence-corrected chi connectivity index (χ1v) is 10.6. The number of halogens is 3. The summed E-state index contributed by atoms with van der Waals surface area (Å²) in [5, 5.41) is 3.56. The molecule has 1 aliphatic rings. The molecule has 0 atom stereocenters. The van der Waals surface area contributed by atoms with Crippen LogP contribution in [0.2, 0.25) is 0 Å². The van der Waals surface area contributed by atoms with Gasteiger partial charge < -0.3 is 14.8 Å². The molecule has 3 aromatic rings. The maximum Gasteiger partial charge on any atom is 0.416 e. The van der Waals surface area contributed by atoms with Gasteiger partial charge in [0.2, 0.25) is 0 Å². The van der Waals surface area contributed by atoms with E-state index in [0.717, 1.165) is 34.5 Å². The Kier molecular flexibility index (Phi) is 5.83. The molecule has 2 aromatic carbocycles. The van der Waals surface area contributed by atoms with Gasteiger partial charge in [-0.3, -0.25) is 9.69 Å². The van der Waals surface area contributed by atoms with E-state index in [-0.39, 0.29) is 22.7 Å². The highest BCUT2D eigenvalue weighted by Crippen LogP contribution is 2.43. The number of thiophene rings is 1. The highest BCUT2D eigenvalue weighted by Gasteiger charge is 2.31. The maximum absolute atomic E-state index is 12.8. The summed E-state index contributed by atoms with van der Waals surface area (Å²) in [5.74, 6) is -0.516. The first-order chi connectivity index (χ1) is 15.2. The number of carbonyl (C=O) groups excluding carboxylic acids is 2. The van der Waals surface area contributed by atoms with Gasteiger partial charge in [0.25, 0.3) is 5.91 Å². The number of esters is 1. The monoisotopic (exact) mass is 464 g/mol. The molecular weight excluding hydrogens is 445 g/mol. The molecule has 1 N–H and O–H groups in total. The molecule has 0 fully saturated rings. The van der Waals surface area contributed by atoms with Gasteiger partial charge in [0.05, 0.1) is 12.2 Å². The number of hydrogen-bond donors (Lipinski definition) is 1. The second-order valence-electron chi connectivity index (χ2n) is 7.26. The standard InChI is InChI=1S/C22H19F3N2O4S/c1-3-30-21(29)17-14-8-9-16-15(10-27(2)11-31-16)18(14)32-20(17)26-19(28)12-4-6-13(7-5-12)22(23,24)25/h4-9H,3,10-11H2,1-2H3,(H,26,28). The van der Waals surface area contributed by atoms with Crippen molar-refractivity contribution in [3.05, 3.63) is 58.7 Å². The van der Waals surface area contributed by atoms with Gasteiger partial charge in [0, 0.05) is 27.8 Å². The van der Waals surface area contributed by atoms with E-state index in [1.165, 1.54) is 11.3 Å². The van der Waals surface area contributed by atoms with E-state index in [2.05, 4.69) is 5.32 Å². The van der Waals surface area contributed by atoms with Gasteiger partial charge in [-0.1, -0.05) is 0 Å². The quantitative estimate of drug-likeness (QED) is 0.542. The average Bonchev–Trinajstić information content (AvgIpc) is 3.11. The lowest BCUT2D eigenvalue weighted by Crippen LogP contribution is -2.28. The fourth-order valence-corrected chi connectivity index (χ4v) is 4.67. The van der Waals surface area contributed by atoms with Gasteiger partial charge in [-0.15, -0.1) is 11.3 Å². The number of nitrogens with one attached hydrogen (secondary N) is 1. The zero-order chi connectivity index (χ0) is 23.0. The lowest BCUT2D eigenvalue weighted by molar-refractivity contribution is -0.137. The number of rotatable bonds is 4. The topological polar surface area (TPSA) is 67.9 Å². The van der Waals surface area contributed by atoms with E-state index in [0.29, 0.717) is 24.4 Å². The minimum atomic E-state index is -4.49. The SMILES string of the molecule is CCOC(=O)c1c(NC(=O)c2ccc(C(F)(F)F)cc2)sc2c3c(ccc12)OCN(C)C3. The van der Waals surface area contributed by atoms with Crippen LogP contribution in [0, 0.1) is 0 Å². The van der Waals surface area contributed by atoms with E-state index in [9.17, 15) is 22.8 Å². The number of carbonyl (C=O) groups is 2. The number of ether oxygens (including phenoxy) is 2. The Morgan fingerprint density at radius 1 is 1.19 bits per heavy atom. The number of nitrogens with zero attached hydrogens (tertiary/aromatic N) is 1. The molecule has 6 nitrogen and oxygen atoms in total. The number of fused-ring (bicyclic) bond motifs is 3. The summed E-state index contributed by atoms with van der Waals surface area (Å²) in [5.41, 5.74) is 0.291. The minimum Gasteiger partial charge on any atom is -0.478 e. The van der Waals surface area contributed by atoms with Gasteiger partial charge >= 0.3 is 12.1 Å². The van der Waals surface area contributed by atoms with Crippen molar-refractivity contribution in [2.45, 2.75) is 19.6 Å². The third kappa shape index (κ3) is 4.15. The highest BCUT2D eigenvalue weighted by molar-refractivity contribution is 7.23. The molecule has 168 valence electrons. The summed E-state index contributed by atoms with van der Waals surface area (Å²) in [6.07, 6.45) is -4.49.